The highest BCUT2D eigenvalue weighted by Gasteiger charge is 2.09. The predicted molar refractivity (Wildman–Crippen MR) is 75.6 cm³/mol. The Bertz CT molecular complexity index is 273. The van der Waals surface area contributed by atoms with Crippen LogP contribution in [-0.4, -0.2) is 17.3 Å². The Hall–Kier alpha value is 0.340. The zero-order valence-electron chi connectivity index (χ0n) is 8.88. The maximum Gasteiger partial charge on any atom is 0.0406 e. The fraction of sp³-hybridized carbons (Fsp3) is 0.500. The first kappa shape index (κ1) is 13.4. The SMILES string of the molecule is CSCCCC(CBr)c1ccc(Cl)cc1. The molecule has 0 amide bonds. The zero-order valence-corrected chi connectivity index (χ0v) is 12.0. The minimum absolute atomic E-state index is 0.620. The Balaban J connectivity index is 2.53. The molecule has 84 valence electrons. The smallest absolute Gasteiger partial charge is 0.0406 e. The Morgan fingerprint density at radius 1 is 1.33 bits per heavy atom. The van der Waals surface area contributed by atoms with Crippen LogP contribution in [0.2, 0.25) is 5.02 Å². The van der Waals surface area contributed by atoms with Crippen molar-refractivity contribution < 1.29 is 0 Å². The topological polar surface area (TPSA) is 0 Å². The first-order chi connectivity index (χ1) is 7.27. The summed E-state index contributed by atoms with van der Waals surface area (Å²) in [5, 5.41) is 1.85. The van der Waals surface area contributed by atoms with Crippen LogP contribution in [0.15, 0.2) is 24.3 Å². The Kier molecular flexibility index (Phi) is 6.78. The van der Waals surface area contributed by atoms with Crippen LogP contribution in [0.5, 0.6) is 0 Å². The van der Waals surface area contributed by atoms with Crippen LogP contribution in [0.1, 0.15) is 24.3 Å². The van der Waals surface area contributed by atoms with Crippen LogP contribution < -0.4 is 0 Å². The molecule has 0 fully saturated rings. The second kappa shape index (κ2) is 7.59. The highest BCUT2D eigenvalue weighted by Crippen LogP contribution is 2.25. The third-order valence-corrected chi connectivity index (χ3v) is 4.16. The summed E-state index contributed by atoms with van der Waals surface area (Å²) in [6.45, 7) is 0. The van der Waals surface area contributed by atoms with Gasteiger partial charge in [-0.1, -0.05) is 39.7 Å². The number of benzene rings is 1. The summed E-state index contributed by atoms with van der Waals surface area (Å²) in [6, 6.07) is 8.21. The van der Waals surface area contributed by atoms with Gasteiger partial charge in [0.1, 0.15) is 0 Å². The van der Waals surface area contributed by atoms with Gasteiger partial charge in [0.2, 0.25) is 0 Å². The van der Waals surface area contributed by atoms with E-state index in [2.05, 4.69) is 34.3 Å². The maximum atomic E-state index is 5.87. The van der Waals surface area contributed by atoms with Gasteiger partial charge >= 0.3 is 0 Å². The molecule has 0 saturated carbocycles. The molecule has 0 N–H and O–H groups in total. The van der Waals surface area contributed by atoms with Gasteiger partial charge in [-0.15, -0.1) is 0 Å². The van der Waals surface area contributed by atoms with Crippen LogP contribution in [-0.2, 0) is 0 Å². The molecule has 0 aromatic heterocycles. The number of thioether (sulfide) groups is 1. The van der Waals surface area contributed by atoms with Gasteiger partial charge in [0.05, 0.1) is 0 Å². The van der Waals surface area contributed by atoms with Crippen molar-refractivity contribution in [2.75, 3.05) is 17.3 Å². The number of alkyl halides is 1. The van der Waals surface area contributed by atoms with Crippen LogP contribution >= 0.6 is 39.3 Å². The normalized spacial score (nSPS) is 12.7. The Morgan fingerprint density at radius 2 is 2.00 bits per heavy atom. The van der Waals surface area contributed by atoms with Gasteiger partial charge in [0.15, 0.2) is 0 Å². The van der Waals surface area contributed by atoms with Crippen molar-refractivity contribution in [1.29, 1.82) is 0 Å². The summed E-state index contributed by atoms with van der Waals surface area (Å²) < 4.78 is 0. The van der Waals surface area contributed by atoms with Gasteiger partial charge in [-0.25, -0.2) is 0 Å². The second-order valence-corrected chi connectivity index (χ2v) is 5.61. The van der Waals surface area contributed by atoms with Gasteiger partial charge in [-0.05, 0) is 48.5 Å². The minimum Gasteiger partial charge on any atom is -0.165 e. The van der Waals surface area contributed by atoms with Crippen LogP contribution in [0, 0.1) is 0 Å². The predicted octanol–water partition coefficient (Wildman–Crippen LogP) is 4.96. The van der Waals surface area contributed by atoms with Crippen molar-refractivity contribution in [3.05, 3.63) is 34.9 Å². The number of rotatable bonds is 6. The third kappa shape index (κ3) is 4.80. The average Bonchev–Trinajstić information content (AvgIpc) is 2.26. The number of halogens is 2. The Morgan fingerprint density at radius 3 is 2.53 bits per heavy atom. The summed E-state index contributed by atoms with van der Waals surface area (Å²) in [5.74, 6) is 1.87. The number of hydrogen-bond donors (Lipinski definition) is 0. The molecule has 0 aliphatic heterocycles. The lowest BCUT2D eigenvalue weighted by Crippen LogP contribution is -2.00. The van der Waals surface area contributed by atoms with Crippen molar-refractivity contribution in [1.82, 2.24) is 0 Å². The lowest BCUT2D eigenvalue weighted by atomic mass is 9.97. The van der Waals surface area contributed by atoms with Gasteiger partial charge in [0.25, 0.3) is 0 Å². The molecule has 0 nitrogen and oxygen atoms in total. The quantitative estimate of drug-likeness (QED) is 0.528. The highest BCUT2D eigenvalue weighted by molar-refractivity contribution is 9.09. The summed E-state index contributed by atoms with van der Waals surface area (Å²) in [7, 11) is 0. The van der Waals surface area contributed by atoms with Crippen molar-refractivity contribution in [2.24, 2.45) is 0 Å². The molecule has 0 radical (unpaired) electrons. The summed E-state index contributed by atoms with van der Waals surface area (Å²) >= 11 is 11.4. The van der Waals surface area contributed by atoms with E-state index in [1.165, 1.54) is 24.2 Å². The van der Waals surface area contributed by atoms with E-state index in [9.17, 15) is 0 Å². The standard InChI is InChI=1S/C12H16BrClS/c1-15-8-2-3-11(9-13)10-4-6-12(14)7-5-10/h4-7,11H,2-3,8-9H2,1H3. The molecule has 0 spiro atoms. The molecule has 1 atom stereocenters. The first-order valence-corrected chi connectivity index (χ1v) is 7.97. The van der Waals surface area contributed by atoms with Crippen molar-refractivity contribution >= 4 is 39.3 Å². The molecular formula is C12H16BrClS. The molecule has 3 heteroatoms. The summed E-state index contributed by atoms with van der Waals surface area (Å²) in [5.41, 5.74) is 1.39. The molecule has 1 aromatic carbocycles. The largest absolute Gasteiger partial charge is 0.165 e. The molecule has 0 saturated heterocycles. The monoisotopic (exact) mass is 306 g/mol. The van der Waals surface area contributed by atoms with Crippen LogP contribution in [0.3, 0.4) is 0 Å². The molecule has 0 heterocycles. The fourth-order valence-corrected chi connectivity index (χ4v) is 2.82. The van der Waals surface area contributed by atoms with E-state index in [0.29, 0.717) is 5.92 Å². The van der Waals surface area contributed by atoms with E-state index < -0.39 is 0 Å². The molecular weight excluding hydrogens is 292 g/mol. The molecule has 0 aliphatic rings. The van der Waals surface area contributed by atoms with E-state index in [4.69, 9.17) is 11.6 Å². The lowest BCUT2D eigenvalue weighted by Gasteiger charge is -2.14. The maximum absolute atomic E-state index is 5.87. The van der Waals surface area contributed by atoms with E-state index >= 15 is 0 Å². The van der Waals surface area contributed by atoms with E-state index in [1.807, 2.05) is 23.9 Å². The third-order valence-electron chi connectivity index (χ3n) is 2.43. The van der Waals surface area contributed by atoms with E-state index in [0.717, 1.165) is 10.4 Å². The van der Waals surface area contributed by atoms with E-state index in [-0.39, 0.29) is 0 Å². The second-order valence-electron chi connectivity index (χ2n) is 3.54. The van der Waals surface area contributed by atoms with E-state index in [1.54, 1.807) is 0 Å². The van der Waals surface area contributed by atoms with Gasteiger partial charge in [-0.2, -0.15) is 11.8 Å². The number of hydrogen-bond acceptors (Lipinski definition) is 1. The molecule has 1 aromatic rings. The lowest BCUT2D eigenvalue weighted by molar-refractivity contribution is 0.681. The van der Waals surface area contributed by atoms with Gasteiger partial charge < -0.3 is 0 Å². The van der Waals surface area contributed by atoms with Gasteiger partial charge in [-0.3, -0.25) is 0 Å². The minimum atomic E-state index is 0.620. The molecule has 1 unspecified atom stereocenters. The first-order valence-electron chi connectivity index (χ1n) is 5.08. The van der Waals surface area contributed by atoms with Gasteiger partial charge in [0, 0.05) is 10.4 Å². The van der Waals surface area contributed by atoms with Crippen LogP contribution in [0.4, 0.5) is 0 Å². The molecule has 0 aliphatic carbocycles. The average molecular weight is 308 g/mol. The highest BCUT2D eigenvalue weighted by atomic mass is 79.9. The van der Waals surface area contributed by atoms with Crippen molar-refractivity contribution in [2.45, 2.75) is 18.8 Å². The summed E-state index contributed by atoms with van der Waals surface area (Å²) in [4.78, 5) is 0. The summed E-state index contributed by atoms with van der Waals surface area (Å²) in [6.07, 6.45) is 4.68. The van der Waals surface area contributed by atoms with Crippen LogP contribution in [0.25, 0.3) is 0 Å². The Labute approximate surface area is 110 Å². The molecule has 0 bridgehead atoms. The molecule has 1 rings (SSSR count). The fourth-order valence-electron chi connectivity index (χ4n) is 1.54. The molecule has 15 heavy (non-hydrogen) atoms. The van der Waals surface area contributed by atoms with Crippen molar-refractivity contribution in [3.8, 4) is 0 Å². The zero-order chi connectivity index (χ0) is 11.1. The van der Waals surface area contributed by atoms with Crippen molar-refractivity contribution in [3.63, 3.8) is 0 Å².